The van der Waals surface area contributed by atoms with Crippen molar-refractivity contribution in [2.75, 3.05) is 26.5 Å². The summed E-state index contributed by atoms with van der Waals surface area (Å²) in [5.74, 6) is -1.02. The molecule has 0 bridgehead atoms. The highest BCUT2D eigenvalue weighted by atomic mass is 31.2. The maximum Gasteiger partial charge on any atom is 0.412 e. The van der Waals surface area contributed by atoms with Gasteiger partial charge in [0.05, 0.1) is 7.11 Å². The summed E-state index contributed by atoms with van der Waals surface area (Å²) < 4.78 is 83.1. The Hall–Kier alpha value is -0.600. The molecule has 0 rings (SSSR count). The monoisotopic (exact) mass is 302 g/mol. The van der Waals surface area contributed by atoms with Crippen LogP contribution in [0, 0.1) is 0 Å². The van der Waals surface area contributed by atoms with Crippen LogP contribution in [-0.4, -0.2) is 44.8 Å². The van der Waals surface area contributed by atoms with Gasteiger partial charge in [-0.3, -0.25) is 4.79 Å². The van der Waals surface area contributed by atoms with Crippen LogP contribution in [0.3, 0.4) is 0 Å². The van der Waals surface area contributed by atoms with E-state index in [-0.39, 0.29) is 0 Å². The first kappa shape index (κ1) is 17.4. The van der Waals surface area contributed by atoms with Gasteiger partial charge in [0.1, 0.15) is 19.4 Å². The summed E-state index contributed by atoms with van der Waals surface area (Å²) in [6, 6.07) is 0. The van der Waals surface area contributed by atoms with E-state index in [0.29, 0.717) is 0 Å². The number of alkyl halides is 6. The average Bonchev–Trinajstić information content (AvgIpc) is 2.19. The summed E-state index contributed by atoms with van der Waals surface area (Å²) >= 11 is 0. The van der Waals surface area contributed by atoms with E-state index in [0.717, 1.165) is 7.11 Å². The topological polar surface area (TPSA) is 44.8 Å². The smallest absolute Gasteiger partial charge is 0.412 e. The summed E-state index contributed by atoms with van der Waals surface area (Å²) in [4.78, 5) is 10.7. The van der Waals surface area contributed by atoms with Crippen LogP contribution in [0.1, 0.15) is 0 Å². The van der Waals surface area contributed by atoms with Crippen LogP contribution >= 0.6 is 8.38 Å². The van der Waals surface area contributed by atoms with Crippen molar-refractivity contribution in [3.63, 3.8) is 0 Å². The Balaban J connectivity index is 4.29. The molecule has 0 aliphatic rings. The van der Waals surface area contributed by atoms with Gasteiger partial charge in [-0.1, -0.05) is 0 Å². The van der Waals surface area contributed by atoms with Crippen molar-refractivity contribution in [2.45, 2.75) is 12.4 Å². The van der Waals surface area contributed by atoms with Gasteiger partial charge in [0, 0.05) is 0 Å². The third-order valence-corrected chi connectivity index (χ3v) is 2.58. The standard InChI is InChI=1S/C7H9F6O4P/c1-15-5(14)2-18(16-3-6(8,9)10)17-4-7(11,12)13/h2-4H2,1H3. The number of carbonyl (C=O) groups excluding carboxylic acids is 1. The molecule has 0 saturated heterocycles. The molecule has 0 aliphatic heterocycles. The van der Waals surface area contributed by atoms with Gasteiger partial charge in [0.15, 0.2) is 8.38 Å². The molecule has 0 N–H and O–H groups in total. The van der Waals surface area contributed by atoms with Crippen LogP contribution < -0.4 is 0 Å². The van der Waals surface area contributed by atoms with Gasteiger partial charge in [0.2, 0.25) is 0 Å². The number of methoxy groups -OCH3 is 1. The molecule has 0 aromatic rings. The van der Waals surface area contributed by atoms with Crippen LogP contribution in [0.4, 0.5) is 26.3 Å². The molecule has 0 spiro atoms. The first-order valence-corrected chi connectivity index (χ1v) is 5.63. The van der Waals surface area contributed by atoms with E-state index < -0.39 is 46.1 Å². The minimum absolute atomic E-state index is 0.808. The fraction of sp³-hybridized carbons (Fsp3) is 0.857. The fourth-order valence-electron chi connectivity index (χ4n) is 0.589. The predicted molar refractivity (Wildman–Crippen MR) is 47.8 cm³/mol. The van der Waals surface area contributed by atoms with Crippen LogP contribution in [0.15, 0.2) is 0 Å². The second-order valence-corrected chi connectivity index (χ2v) is 4.34. The van der Waals surface area contributed by atoms with E-state index >= 15 is 0 Å². The maximum absolute atomic E-state index is 11.8. The number of esters is 1. The molecule has 0 atom stereocenters. The second kappa shape index (κ2) is 7.10. The number of halogens is 6. The molecule has 0 aromatic carbocycles. The van der Waals surface area contributed by atoms with E-state index in [9.17, 15) is 31.1 Å². The molecule has 0 heterocycles. The fourth-order valence-corrected chi connectivity index (χ4v) is 1.77. The number of ether oxygens (including phenoxy) is 1. The van der Waals surface area contributed by atoms with E-state index in [1.165, 1.54) is 0 Å². The molecule has 0 unspecified atom stereocenters. The molecule has 0 saturated carbocycles. The zero-order valence-electron chi connectivity index (χ0n) is 8.97. The lowest BCUT2D eigenvalue weighted by atomic mass is 10.7. The summed E-state index contributed by atoms with van der Waals surface area (Å²) in [5.41, 5.74) is 0. The molecule has 0 radical (unpaired) electrons. The summed E-state index contributed by atoms with van der Waals surface area (Å²) in [6.45, 7) is -3.60. The molecule has 4 nitrogen and oxygen atoms in total. The number of rotatable bonds is 6. The Morgan fingerprint density at radius 2 is 1.39 bits per heavy atom. The Bertz CT molecular complexity index is 248. The summed E-state index contributed by atoms with van der Waals surface area (Å²) in [5, 5.41) is 0. The van der Waals surface area contributed by atoms with Crippen molar-refractivity contribution in [3.05, 3.63) is 0 Å². The van der Waals surface area contributed by atoms with Gasteiger partial charge in [-0.15, -0.1) is 0 Å². The number of carbonyl (C=O) groups is 1. The highest BCUT2D eigenvalue weighted by molar-refractivity contribution is 7.48. The zero-order valence-corrected chi connectivity index (χ0v) is 9.86. The SMILES string of the molecule is COC(=O)CP(OCC(F)(F)F)OCC(F)(F)F. The molecule has 18 heavy (non-hydrogen) atoms. The highest BCUT2D eigenvalue weighted by Crippen LogP contribution is 2.41. The maximum atomic E-state index is 11.8. The van der Waals surface area contributed by atoms with Crippen LogP contribution in [-0.2, 0) is 18.6 Å². The highest BCUT2D eigenvalue weighted by Gasteiger charge is 2.34. The first-order chi connectivity index (χ1) is 8.03. The van der Waals surface area contributed by atoms with Gasteiger partial charge in [-0.2, -0.15) is 26.3 Å². The molecule has 0 aliphatic carbocycles. The van der Waals surface area contributed by atoms with Gasteiger partial charge in [-0.05, 0) is 0 Å². The summed E-state index contributed by atoms with van der Waals surface area (Å²) in [7, 11) is -1.72. The van der Waals surface area contributed by atoms with E-state index in [1.54, 1.807) is 0 Å². The van der Waals surface area contributed by atoms with Crippen molar-refractivity contribution in [1.82, 2.24) is 0 Å². The molecule has 108 valence electrons. The second-order valence-electron chi connectivity index (χ2n) is 2.84. The van der Waals surface area contributed by atoms with Crippen molar-refractivity contribution in [3.8, 4) is 0 Å². The third kappa shape index (κ3) is 10.5. The van der Waals surface area contributed by atoms with Crippen LogP contribution in [0.5, 0.6) is 0 Å². The van der Waals surface area contributed by atoms with E-state index in [1.807, 2.05) is 0 Å². The normalized spacial score (nSPS) is 12.9. The molecule has 11 heteroatoms. The predicted octanol–water partition coefficient (Wildman–Crippen LogP) is 2.63. The van der Waals surface area contributed by atoms with Gasteiger partial charge in [0.25, 0.3) is 0 Å². The minimum atomic E-state index is -4.72. The number of hydrogen-bond acceptors (Lipinski definition) is 4. The molecule has 0 amide bonds. The van der Waals surface area contributed by atoms with Gasteiger partial charge < -0.3 is 13.8 Å². The molecule has 0 aromatic heterocycles. The Labute approximate surface area is 99.1 Å². The van der Waals surface area contributed by atoms with Crippen LogP contribution in [0.2, 0.25) is 0 Å². The third-order valence-electron chi connectivity index (χ3n) is 1.23. The lowest BCUT2D eigenvalue weighted by molar-refractivity contribution is -0.163. The minimum Gasteiger partial charge on any atom is -0.469 e. The zero-order chi connectivity index (χ0) is 14.4. The number of hydrogen-bond donors (Lipinski definition) is 0. The lowest BCUT2D eigenvalue weighted by Crippen LogP contribution is -2.20. The average molecular weight is 302 g/mol. The van der Waals surface area contributed by atoms with Gasteiger partial charge >= 0.3 is 18.3 Å². The van der Waals surface area contributed by atoms with E-state index in [2.05, 4.69) is 13.8 Å². The molecule has 0 fully saturated rings. The van der Waals surface area contributed by atoms with E-state index in [4.69, 9.17) is 0 Å². The molecular formula is C7H9F6O4P. The van der Waals surface area contributed by atoms with Crippen molar-refractivity contribution < 1.29 is 44.9 Å². The first-order valence-electron chi connectivity index (χ1n) is 4.27. The molecular weight excluding hydrogens is 293 g/mol. The Morgan fingerprint density at radius 3 is 1.67 bits per heavy atom. The Kier molecular flexibility index (Phi) is 6.87. The summed E-state index contributed by atoms with van der Waals surface area (Å²) in [6.07, 6.45) is -10.3. The Morgan fingerprint density at radius 1 is 1.00 bits per heavy atom. The quantitative estimate of drug-likeness (QED) is 0.430. The van der Waals surface area contributed by atoms with Crippen molar-refractivity contribution in [1.29, 1.82) is 0 Å². The van der Waals surface area contributed by atoms with Crippen molar-refractivity contribution >= 4 is 14.3 Å². The lowest BCUT2D eigenvalue weighted by Gasteiger charge is -2.18. The van der Waals surface area contributed by atoms with Gasteiger partial charge in [-0.25, -0.2) is 0 Å². The van der Waals surface area contributed by atoms with Crippen molar-refractivity contribution in [2.24, 2.45) is 0 Å². The van der Waals surface area contributed by atoms with Crippen LogP contribution in [0.25, 0.3) is 0 Å². The largest absolute Gasteiger partial charge is 0.469 e.